The molecule has 0 fully saturated rings. The summed E-state index contributed by atoms with van der Waals surface area (Å²) in [4.78, 5) is 11.8. The Balaban J connectivity index is 2.51. The van der Waals surface area contributed by atoms with Crippen LogP contribution in [0, 0.1) is 5.92 Å². The molecule has 2 N–H and O–H groups in total. The minimum atomic E-state index is -0.243. The van der Waals surface area contributed by atoms with E-state index in [9.17, 15) is 4.79 Å². The number of amides is 1. The van der Waals surface area contributed by atoms with Gasteiger partial charge in [-0.1, -0.05) is 26.0 Å². The lowest BCUT2D eigenvalue weighted by atomic mass is 10.2. The normalized spacial score (nSPS) is 12.3. The predicted octanol–water partition coefficient (Wildman–Crippen LogP) is 3.02. The highest BCUT2D eigenvalue weighted by atomic mass is 79.9. The molecule has 1 atom stereocenters. The third-order valence-corrected chi connectivity index (χ3v) is 3.02. The molecule has 1 aromatic rings. The molecule has 17 heavy (non-hydrogen) atoms. The van der Waals surface area contributed by atoms with Gasteiger partial charge in [-0.25, -0.2) is 0 Å². The Morgan fingerprint density at radius 2 is 1.94 bits per heavy atom. The van der Waals surface area contributed by atoms with E-state index in [4.69, 9.17) is 0 Å². The average Bonchev–Trinajstić information content (AvgIpc) is 2.28. The van der Waals surface area contributed by atoms with Crippen molar-refractivity contribution >= 4 is 27.5 Å². The largest absolute Gasteiger partial charge is 0.373 e. The Bertz CT molecular complexity index is 379. The molecule has 0 heterocycles. The van der Waals surface area contributed by atoms with Crippen LogP contribution in [0.4, 0.5) is 5.69 Å². The van der Waals surface area contributed by atoms with Crippen LogP contribution in [-0.4, -0.2) is 18.5 Å². The molecule has 0 saturated heterocycles. The third kappa shape index (κ3) is 4.77. The smallest absolute Gasteiger partial charge is 0.242 e. The predicted molar refractivity (Wildman–Crippen MR) is 75.1 cm³/mol. The van der Waals surface area contributed by atoms with Crippen molar-refractivity contribution in [2.75, 3.05) is 11.9 Å². The Labute approximate surface area is 111 Å². The van der Waals surface area contributed by atoms with Crippen LogP contribution >= 0.6 is 15.9 Å². The first-order chi connectivity index (χ1) is 8.00. The quantitative estimate of drug-likeness (QED) is 0.877. The lowest BCUT2D eigenvalue weighted by Crippen LogP contribution is -2.39. The monoisotopic (exact) mass is 298 g/mol. The van der Waals surface area contributed by atoms with Crippen LogP contribution in [-0.2, 0) is 4.79 Å². The standard InChI is InChI=1S/C13H19BrN2O/c1-9(2)8-15-13(17)10(3)16-12-7-5-4-6-11(12)14/h4-7,9-10,16H,8H2,1-3H3,(H,15,17). The van der Waals surface area contributed by atoms with Crippen LogP contribution in [0.1, 0.15) is 20.8 Å². The topological polar surface area (TPSA) is 41.1 Å². The molecule has 1 rings (SSSR count). The van der Waals surface area contributed by atoms with E-state index in [0.717, 1.165) is 10.2 Å². The molecular formula is C13H19BrN2O. The van der Waals surface area contributed by atoms with Crippen molar-refractivity contribution in [2.24, 2.45) is 5.92 Å². The molecule has 0 saturated carbocycles. The zero-order valence-corrected chi connectivity index (χ0v) is 12.0. The maximum absolute atomic E-state index is 11.8. The van der Waals surface area contributed by atoms with Crippen molar-refractivity contribution in [2.45, 2.75) is 26.8 Å². The van der Waals surface area contributed by atoms with E-state index >= 15 is 0 Å². The van der Waals surface area contributed by atoms with Crippen molar-refractivity contribution in [1.29, 1.82) is 0 Å². The van der Waals surface area contributed by atoms with E-state index in [0.29, 0.717) is 12.5 Å². The molecule has 0 aliphatic heterocycles. The summed E-state index contributed by atoms with van der Waals surface area (Å²) in [5, 5.41) is 6.08. The molecule has 0 radical (unpaired) electrons. The van der Waals surface area contributed by atoms with E-state index in [1.165, 1.54) is 0 Å². The number of nitrogens with one attached hydrogen (secondary N) is 2. The average molecular weight is 299 g/mol. The van der Waals surface area contributed by atoms with Gasteiger partial charge in [0, 0.05) is 16.7 Å². The van der Waals surface area contributed by atoms with Gasteiger partial charge in [0.1, 0.15) is 6.04 Å². The summed E-state index contributed by atoms with van der Waals surface area (Å²) >= 11 is 3.44. The molecule has 0 spiro atoms. The van der Waals surface area contributed by atoms with Crippen LogP contribution < -0.4 is 10.6 Å². The molecular weight excluding hydrogens is 280 g/mol. The number of benzene rings is 1. The first-order valence-corrected chi connectivity index (χ1v) is 6.58. The Morgan fingerprint density at radius 1 is 1.29 bits per heavy atom. The molecule has 1 amide bonds. The number of hydrogen-bond acceptors (Lipinski definition) is 2. The number of halogens is 1. The first kappa shape index (κ1) is 14.0. The fourth-order valence-corrected chi connectivity index (χ4v) is 1.73. The second-order valence-electron chi connectivity index (χ2n) is 4.48. The number of carbonyl (C=O) groups excluding carboxylic acids is 1. The van der Waals surface area contributed by atoms with Crippen molar-refractivity contribution in [3.05, 3.63) is 28.7 Å². The Kier molecular flexibility index (Phi) is 5.48. The highest BCUT2D eigenvalue weighted by molar-refractivity contribution is 9.10. The van der Waals surface area contributed by atoms with Gasteiger partial charge in [0.05, 0.1) is 0 Å². The van der Waals surface area contributed by atoms with Crippen LogP contribution in [0.5, 0.6) is 0 Å². The van der Waals surface area contributed by atoms with Gasteiger partial charge in [-0.2, -0.15) is 0 Å². The summed E-state index contributed by atoms with van der Waals surface area (Å²) in [6.07, 6.45) is 0. The van der Waals surface area contributed by atoms with Crippen molar-refractivity contribution in [3.8, 4) is 0 Å². The summed E-state index contributed by atoms with van der Waals surface area (Å²) < 4.78 is 0.962. The molecule has 3 nitrogen and oxygen atoms in total. The zero-order valence-electron chi connectivity index (χ0n) is 10.5. The van der Waals surface area contributed by atoms with Gasteiger partial charge in [0.25, 0.3) is 0 Å². The lowest BCUT2D eigenvalue weighted by molar-refractivity contribution is -0.121. The number of para-hydroxylation sites is 1. The van der Waals surface area contributed by atoms with Crippen LogP contribution in [0.25, 0.3) is 0 Å². The summed E-state index contributed by atoms with van der Waals surface area (Å²) in [7, 11) is 0. The molecule has 94 valence electrons. The Hall–Kier alpha value is -1.03. The highest BCUT2D eigenvalue weighted by Crippen LogP contribution is 2.21. The van der Waals surface area contributed by atoms with E-state index in [1.807, 2.05) is 31.2 Å². The minimum Gasteiger partial charge on any atom is -0.373 e. The Morgan fingerprint density at radius 3 is 2.53 bits per heavy atom. The fraction of sp³-hybridized carbons (Fsp3) is 0.462. The van der Waals surface area contributed by atoms with E-state index < -0.39 is 0 Å². The lowest BCUT2D eigenvalue weighted by Gasteiger charge is -2.17. The SMILES string of the molecule is CC(C)CNC(=O)C(C)Nc1ccccc1Br. The molecule has 4 heteroatoms. The van der Waals surface area contributed by atoms with Gasteiger partial charge in [-0.15, -0.1) is 0 Å². The maximum Gasteiger partial charge on any atom is 0.242 e. The van der Waals surface area contributed by atoms with Crippen molar-refractivity contribution in [3.63, 3.8) is 0 Å². The van der Waals surface area contributed by atoms with Crippen LogP contribution in [0.2, 0.25) is 0 Å². The summed E-state index contributed by atoms with van der Waals surface area (Å²) in [5.74, 6) is 0.490. The summed E-state index contributed by atoms with van der Waals surface area (Å²) in [5.41, 5.74) is 0.930. The van der Waals surface area contributed by atoms with Gasteiger partial charge in [-0.05, 0) is 40.9 Å². The molecule has 0 aromatic heterocycles. The minimum absolute atomic E-state index is 0.0226. The van der Waals surface area contributed by atoms with E-state index in [-0.39, 0.29) is 11.9 Å². The van der Waals surface area contributed by atoms with Gasteiger partial charge >= 0.3 is 0 Å². The zero-order chi connectivity index (χ0) is 12.8. The first-order valence-electron chi connectivity index (χ1n) is 5.79. The number of rotatable bonds is 5. The van der Waals surface area contributed by atoms with Crippen LogP contribution in [0.3, 0.4) is 0 Å². The maximum atomic E-state index is 11.8. The van der Waals surface area contributed by atoms with Gasteiger partial charge < -0.3 is 10.6 Å². The van der Waals surface area contributed by atoms with E-state index in [2.05, 4.69) is 40.4 Å². The van der Waals surface area contributed by atoms with E-state index in [1.54, 1.807) is 0 Å². The molecule has 0 bridgehead atoms. The number of anilines is 1. The highest BCUT2D eigenvalue weighted by Gasteiger charge is 2.13. The van der Waals surface area contributed by atoms with Crippen molar-refractivity contribution < 1.29 is 4.79 Å². The second-order valence-corrected chi connectivity index (χ2v) is 5.34. The number of hydrogen-bond donors (Lipinski definition) is 2. The summed E-state index contributed by atoms with van der Waals surface area (Å²) in [6, 6.07) is 7.52. The molecule has 1 unspecified atom stereocenters. The van der Waals surface area contributed by atoms with Crippen LogP contribution in [0.15, 0.2) is 28.7 Å². The van der Waals surface area contributed by atoms with Crippen molar-refractivity contribution in [1.82, 2.24) is 5.32 Å². The molecule has 0 aliphatic carbocycles. The second kappa shape index (κ2) is 6.64. The number of carbonyl (C=O) groups is 1. The van der Waals surface area contributed by atoms with Gasteiger partial charge in [-0.3, -0.25) is 4.79 Å². The van der Waals surface area contributed by atoms with Gasteiger partial charge in [0.2, 0.25) is 5.91 Å². The third-order valence-electron chi connectivity index (χ3n) is 2.32. The molecule has 1 aromatic carbocycles. The van der Waals surface area contributed by atoms with Gasteiger partial charge in [0.15, 0.2) is 0 Å². The molecule has 0 aliphatic rings. The fourth-order valence-electron chi connectivity index (χ4n) is 1.33. The summed E-state index contributed by atoms with van der Waals surface area (Å²) in [6.45, 7) is 6.72.